The van der Waals surface area contributed by atoms with Crippen LogP contribution in [0.5, 0.6) is 5.75 Å². The van der Waals surface area contributed by atoms with E-state index in [4.69, 9.17) is 9.15 Å². The third-order valence-electron chi connectivity index (χ3n) is 2.42. The van der Waals surface area contributed by atoms with Crippen molar-refractivity contribution < 1.29 is 9.15 Å². The van der Waals surface area contributed by atoms with Crippen molar-refractivity contribution in [3.05, 3.63) is 54.5 Å². The maximum atomic E-state index is 5.58. The predicted octanol–water partition coefficient (Wildman–Crippen LogP) is 2.84. The summed E-state index contributed by atoms with van der Waals surface area (Å²) in [5.74, 6) is 0.933. The van der Waals surface area contributed by atoms with Crippen LogP contribution in [0.1, 0.15) is 12.0 Å². The summed E-state index contributed by atoms with van der Waals surface area (Å²) >= 11 is 0. The maximum Gasteiger partial charge on any atom is 0.119 e. The normalized spacial score (nSPS) is 10.4. The Morgan fingerprint density at radius 1 is 1.12 bits per heavy atom. The van der Waals surface area contributed by atoms with Gasteiger partial charge in [0.15, 0.2) is 0 Å². The third kappa shape index (κ3) is 4.33. The van der Waals surface area contributed by atoms with E-state index in [1.54, 1.807) is 12.5 Å². The zero-order chi connectivity index (χ0) is 11.8. The van der Waals surface area contributed by atoms with Crippen LogP contribution >= 0.6 is 0 Å². The summed E-state index contributed by atoms with van der Waals surface area (Å²) in [4.78, 5) is 0. The van der Waals surface area contributed by atoms with Gasteiger partial charge < -0.3 is 14.5 Å². The van der Waals surface area contributed by atoms with Gasteiger partial charge in [-0.05, 0) is 31.2 Å². The summed E-state index contributed by atoms with van der Waals surface area (Å²) in [6.45, 7) is 2.53. The fraction of sp³-hybridized carbons (Fsp3) is 0.286. The molecule has 3 nitrogen and oxygen atoms in total. The van der Waals surface area contributed by atoms with Crippen molar-refractivity contribution in [2.24, 2.45) is 0 Å². The summed E-state index contributed by atoms with van der Waals surface area (Å²) in [5.41, 5.74) is 1.17. The van der Waals surface area contributed by atoms with Gasteiger partial charge in [0.25, 0.3) is 0 Å². The average Bonchev–Trinajstić information content (AvgIpc) is 2.88. The highest BCUT2D eigenvalue weighted by molar-refractivity contribution is 5.20. The van der Waals surface area contributed by atoms with Crippen molar-refractivity contribution in [1.82, 2.24) is 5.32 Å². The van der Waals surface area contributed by atoms with Crippen LogP contribution in [0, 0.1) is 0 Å². The lowest BCUT2D eigenvalue weighted by molar-refractivity contribution is 0.308. The van der Waals surface area contributed by atoms with Crippen molar-refractivity contribution in [2.75, 3.05) is 13.2 Å². The van der Waals surface area contributed by atoms with E-state index in [9.17, 15) is 0 Å². The number of nitrogens with one attached hydrogen (secondary N) is 1. The Balaban J connectivity index is 1.52. The number of ether oxygens (including phenoxy) is 1. The van der Waals surface area contributed by atoms with E-state index in [1.807, 2.05) is 36.4 Å². The molecule has 0 aliphatic carbocycles. The monoisotopic (exact) mass is 231 g/mol. The van der Waals surface area contributed by atoms with Crippen LogP contribution < -0.4 is 10.1 Å². The molecular formula is C14H17NO2. The quantitative estimate of drug-likeness (QED) is 0.744. The zero-order valence-electron chi connectivity index (χ0n) is 9.76. The molecule has 0 saturated carbocycles. The van der Waals surface area contributed by atoms with E-state index in [0.717, 1.165) is 31.9 Å². The van der Waals surface area contributed by atoms with Crippen LogP contribution in [0.2, 0.25) is 0 Å². The van der Waals surface area contributed by atoms with Gasteiger partial charge in [-0.2, -0.15) is 0 Å². The summed E-state index contributed by atoms with van der Waals surface area (Å²) in [6, 6.07) is 11.9. The van der Waals surface area contributed by atoms with Crippen LogP contribution in [-0.4, -0.2) is 13.2 Å². The molecule has 90 valence electrons. The number of benzene rings is 1. The third-order valence-corrected chi connectivity index (χ3v) is 2.42. The fourth-order valence-corrected chi connectivity index (χ4v) is 1.53. The summed E-state index contributed by atoms with van der Waals surface area (Å²) < 4.78 is 10.6. The number of para-hydroxylation sites is 1. The van der Waals surface area contributed by atoms with Gasteiger partial charge in [-0.3, -0.25) is 0 Å². The lowest BCUT2D eigenvalue weighted by atomic mass is 10.3. The first-order valence-corrected chi connectivity index (χ1v) is 5.85. The van der Waals surface area contributed by atoms with Crippen molar-refractivity contribution in [2.45, 2.75) is 13.0 Å². The molecule has 0 spiro atoms. The van der Waals surface area contributed by atoms with Crippen LogP contribution in [0.15, 0.2) is 53.3 Å². The van der Waals surface area contributed by atoms with Crippen LogP contribution in [0.4, 0.5) is 0 Å². The van der Waals surface area contributed by atoms with Crippen molar-refractivity contribution in [3.63, 3.8) is 0 Å². The molecule has 1 aromatic carbocycles. The van der Waals surface area contributed by atoms with E-state index in [1.165, 1.54) is 5.56 Å². The van der Waals surface area contributed by atoms with Crippen molar-refractivity contribution >= 4 is 0 Å². The van der Waals surface area contributed by atoms with Crippen molar-refractivity contribution in [3.8, 4) is 5.75 Å². The van der Waals surface area contributed by atoms with Gasteiger partial charge in [0.05, 0.1) is 19.1 Å². The molecule has 0 fully saturated rings. The SMILES string of the molecule is c1ccc(OCCCNCc2ccoc2)cc1. The summed E-state index contributed by atoms with van der Waals surface area (Å²) in [5, 5.41) is 3.33. The Morgan fingerprint density at radius 3 is 2.76 bits per heavy atom. The highest BCUT2D eigenvalue weighted by atomic mass is 16.5. The van der Waals surface area contributed by atoms with E-state index >= 15 is 0 Å². The van der Waals surface area contributed by atoms with E-state index in [0.29, 0.717) is 0 Å². The minimum Gasteiger partial charge on any atom is -0.494 e. The topological polar surface area (TPSA) is 34.4 Å². The van der Waals surface area contributed by atoms with Crippen LogP contribution in [0.25, 0.3) is 0 Å². The van der Waals surface area contributed by atoms with E-state index < -0.39 is 0 Å². The lowest BCUT2D eigenvalue weighted by Crippen LogP contribution is -2.16. The molecule has 2 rings (SSSR count). The molecule has 1 N–H and O–H groups in total. The molecule has 0 unspecified atom stereocenters. The van der Waals surface area contributed by atoms with Crippen LogP contribution in [-0.2, 0) is 6.54 Å². The highest BCUT2D eigenvalue weighted by Crippen LogP contribution is 2.08. The minimum absolute atomic E-state index is 0.738. The number of hydrogen-bond donors (Lipinski definition) is 1. The molecule has 0 atom stereocenters. The van der Waals surface area contributed by atoms with Gasteiger partial charge in [0.2, 0.25) is 0 Å². The Morgan fingerprint density at radius 2 is 2.00 bits per heavy atom. The zero-order valence-corrected chi connectivity index (χ0v) is 9.76. The molecule has 0 radical (unpaired) electrons. The van der Waals surface area contributed by atoms with E-state index in [-0.39, 0.29) is 0 Å². The van der Waals surface area contributed by atoms with Crippen LogP contribution in [0.3, 0.4) is 0 Å². The molecule has 1 aromatic heterocycles. The summed E-state index contributed by atoms with van der Waals surface area (Å²) in [7, 11) is 0. The van der Waals surface area contributed by atoms with Gasteiger partial charge in [0, 0.05) is 12.1 Å². The van der Waals surface area contributed by atoms with Crippen molar-refractivity contribution in [1.29, 1.82) is 0 Å². The van der Waals surface area contributed by atoms with Gasteiger partial charge in [-0.1, -0.05) is 18.2 Å². The Labute approximate surface area is 101 Å². The van der Waals surface area contributed by atoms with Gasteiger partial charge in [0.1, 0.15) is 5.75 Å². The Hall–Kier alpha value is -1.74. The molecule has 1 heterocycles. The molecule has 0 saturated heterocycles. The first kappa shape index (κ1) is 11.7. The molecule has 2 aromatic rings. The second-order valence-corrected chi connectivity index (χ2v) is 3.82. The number of rotatable bonds is 7. The lowest BCUT2D eigenvalue weighted by Gasteiger charge is -2.06. The van der Waals surface area contributed by atoms with Gasteiger partial charge in [-0.25, -0.2) is 0 Å². The molecule has 0 bridgehead atoms. The van der Waals surface area contributed by atoms with E-state index in [2.05, 4.69) is 5.32 Å². The Kier molecular flexibility index (Phi) is 4.67. The number of hydrogen-bond acceptors (Lipinski definition) is 3. The van der Waals surface area contributed by atoms with Gasteiger partial charge in [-0.15, -0.1) is 0 Å². The summed E-state index contributed by atoms with van der Waals surface area (Å²) in [6.07, 6.45) is 4.44. The molecular weight excluding hydrogens is 214 g/mol. The smallest absolute Gasteiger partial charge is 0.119 e. The minimum atomic E-state index is 0.738. The second-order valence-electron chi connectivity index (χ2n) is 3.82. The maximum absolute atomic E-state index is 5.58. The first-order chi connectivity index (χ1) is 8.45. The number of furan rings is 1. The molecule has 0 aliphatic rings. The second kappa shape index (κ2) is 6.76. The molecule has 17 heavy (non-hydrogen) atoms. The standard InChI is InChI=1S/C14H17NO2/c1-2-5-14(6-3-1)17-9-4-8-15-11-13-7-10-16-12-13/h1-3,5-7,10,12,15H,4,8-9,11H2. The highest BCUT2D eigenvalue weighted by Gasteiger charge is 1.94. The van der Waals surface area contributed by atoms with Gasteiger partial charge >= 0.3 is 0 Å². The molecule has 3 heteroatoms. The Bertz CT molecular complexity index is 397. The largest absolute Gasteiger partial charge is 0.494 e. The first-order valence-electron chi connectivity index (χ1n) is 5.85. The average molecular weight is 231 g/mol. The molecule has 0 aliphatic heterocycles. The molecule has 0 amide bonds. The predicted molar refractivity (Wildman–Crippen MR) is 67.0 cm³/mol. The fourth-order valence-electron chi connectivity index (χ4n) is 1.53.